The molecule has 0 atom stereocenters. The van der Waals surface area contributed by atoms with Crippen molar-refractivity contribution in [1.82, 2.24) is 14.8 Å². The lowest BCUT2D eigenvalue weighted by atomic mass is 10.3. The van der Waals surface area contributed by atoms with E-state index >= 15 is 0 Å². The Kier molecular flexibility index (Phi) is 3.99. The average molecular weight is 351 g/mol. The smallest absolute Gasteiger partial charge is 0.261 e. The number of aromatic nitrogens is 3. The summed E-state index contributed by atoms with van der Waals surface area (Å²) < 4.78 is 29.0. The number of halogens is 1. The molecule has 1 aromatic carbocycles. The van der Waals surface area contributed by atoms with Crippen molar-refractivity contribution in [3.8, 4) is 0 Å². The Morgan fingerprint density at radius 1 is 1.17 bits per heavy atom. The molecule has 8 heteroatoms. The topological polar surface area (TPSA) is 76.9 Å². The maximum absolute atomic E-state index is 12.4. The molecule has 0 radical (unpaired) electrons. The molecular weight excluding hydrogens is 336 g/mol. The quantitative estimate of drug-likeness (QED) is 0.781. The lowest BCUT2D eigenvalue weighted by Gasteiger charge is -2.09. The van der Waals surface area contributed by atoms with Crippen molar-refractivity contribution >= 4 is 38.3 Å². The van der Waals surface area contributed by atoms with Gasteiger partial charge >= 0.3 is 0 Å². The number of fused-ring (bicyclic) bond motifs is 1. The zero-order valence-electron chi connectivity index (χ0n) is 12.6. The van der Waals surface area contributed by atoms with E-state index in [9.17, 15) is 8.42 Å². The fourth-order valence-electron chi connectivity index (χ4n) is 2.20. The minimum Gasteiger partial charge on any atom is -0.278 e. The van der Waals surface area contributed by atoms with Gasteiger partial charge in [0, 0.05) is 16.5 Å². The van der Waals surface area contributed by atoms with Crippen LogP contribution in [0.5, 0.6) is 0 Å². The number of sulfonamides is 1. The standard InChI is InChI=1S/C15H15ClN4O2S/c1-10(2)20-15-11(8-18-20)7-13(9-17-15)19-23(21,22)14-5-3-12(16)4-6-14/h3-10,19H,1-2H3. The molecule has 0 aliphatic rings. The molecule has 2 aromatic heterocycles. The van der Waals surface area contributed by atoms with Gasteiger partial charge in [-0.15, -0.1) is 0 Å². The first-order valence-corrected chi connectivity index (χ1v) is 8.84. The molecule has 0 unspecified atom stereocenters. The molecule has 0 bridgehead atoms. The zero-order chi connectivity index (χ0) is 16.6. The fourth-order valence-corrected chi connectivity index (χ4v) is 3.36. The Bertz CT molecular complexity index is 949. The second-order valence-corrected chi connectivity index (χ2v) is 7.50. The third-order valence-electron chi connectivity index (χ3n) is 3.30. The summed E-state index contributed by atoms with van der Waals surface area (Å²) in [4.78, 5) is 4.45. The van der Waals surface area contributed by atoms with Crippen molar-refractivity contribution in [1.29, 1.82) is 0 Å². The van der Waals surface area contributed by atoms with E-state index < -0.39 is 10.0 Å². The summed E-state index contributed by atoms with van der Waals surface area (Å²) in [6, 6.07) is 7.85. The summed E-state index contributed by atoms with van der Waals surface area (Å²) in [5.74, 6) is 0. The van der Waals surface area contributed by atoms with Crippen LogP contribution in [0.4, 0.5) is 5.69 Å². The van der Waals surface area contributed by atoms with Gasteiger partial charge in [-0.1, -0.05) is 11.6 Å². The normalized spacial score (nSPS) is 12.0. The molecule has 0 spiro atoms. The van der Waals surface area contributed by atoms with E-state index in [-0.39, 0.29) is 10.9 Å². The minimum atomic E-state index is -3.68. The number of hydrogen-bond acceptors (Lipinski definition) is 4. The number of nitrogens with one attached hydrogen (secondary N) is 1. The van der Waals surface area contributed by atoms with E-state index in [1.165, 1.54) is 30.5 Å². The molecule has 0 saturated heterocycles. The van der Waals surface area contributed by atoms with Gasteiger partial charge in [-0.3, -0.25) is 4.72 Å². The highest BCUT2D eigenvalue weighted by atomic mass is 35.5. The lowest BCUT2D eigenvalue weighted by molar-refractivity contribution is 0.546. The Morgan fingerprint density at radius 3 is 2.52 bits per heavy atom. The van der Waals surface area contributed by atoms with Crippen LogP contribution in [0.15, 0.2) is 47.6 Å². The first kappa shape index (κ1) is 15.8. The highest BCUT2D eigenvalue weighted by Crippen LogP contribution is 2.22. The summed E-state index contributed by atoms with van der Waals surface area (Å²) in [5.41, 5.74) is 1.10. The summed E-state index contributed by atoms with van der Waals surface area (Å²) in [7, 11) is -3.68. The van der Waals surface area contributed by atoms with Crippen molar-refractivity contribution in [3.63, 3.8) is 0 Å². The maximum Gasteiger partial charge on any atom is 0.261 e. The monoisotopic (exact) mass is 350 g/mol. The number of hydrogen-bond donors (Lipinski definition) is 1. The van der Waals surface area contributed by atoms with Crippen molar-refractivity contribution in [2.45, 2.75) is 24.8 Å². The van der Waals surface area contributed by atoms with Crippen molar-refractivity contribution in [2.24, 2.45) is 0 Å². The van der Waals surface area contributed by atoms with Crippen LogP contribution < -0.4 is 4.72 Å². The Hall–Kier alpha value is -2.12. The molecule has 6 nitrogen and oxygen atoms in total. The van der Waals surface area contributed by atoms with E-state index in [2.05, 4.69) is 14.8 Å². The highest BCUT2D eigenvalue weighted by molar-refractivity contribution is 7.92. The van der Waals surface area contributed by atoms with E-state index in [4.69, 9.17) is 11.6 Å². The van der Waals surface area contributed by atoms with Gasteiger partial charge in [0.15, 0.2) is 5.65 Å². The molecule has 23 heavy (non-hydrogen) atoms. The Labute approximate surface area is 139 Å². The summed E-state index contributed by atoms with van der Waals surface area (Å²) >= 11 is 5.78. The molecule has 0 aliphatic carbocycles. The first-order valence-electron chi connectivity index (χ1n) is 6.98. The molecule has 3 aromatic rings. The van der Waals surface area contributed by atoms with E-state index in [0.717, 1.165) is 11.0 Å². The predicted octanol–water partition coefficient (Wildman–Crippen LogP) is 3.47. The van der Waals surface area contributed by atoms with Crippen LogP contribution in [0.3, 0.4) is 0 Å². The van der Waals surface area contributed by atoms with Crippen LogP contribution >= 0.6 is 11.6 Å². The van der Waals surface area contributed by atoms with Crippen molar-refractivity contribution < 1.29 is 8.42 Å². The molecule has 3 rings (SSSR count). The van der Waals surface area contributed by atoms with Gasteiger partial charge < -0.3 is 0 Å². The number of rotatable bonds is 4. The van der Waals surface area contributed by atoms with Gasteiger partial charge in [0.2, 0.25) is 0 Å². The average Bonchev–Trinajstić information content (AvgIpc) is 2.90. The van der Waals surface area contributed by atoms with Gasteiger partial charge in [-0.05, 0) is 44.2 Å². The van der Waals surface area contributed by atoms with Crippen LogP contribution in [0.2, 0.25) is 5.02 Å². The Morgan fingerprint density at radius 2 is 1.87 bits per heavy atom. The van der Waals surface area contributed by atoms with Crippen molar-refractivity contribution in [3.05, 3.63) is 47.7 Å². The number of pyridine rings is 1. The van der Waals surface area contributed by atoms with Gasteiger partial charge in [0.05, 0.1) is 23.0 Å². The summed E-state index contributed by atoms with van der Waals surface area (Å²) in [6.07, 6.45) is 3.15. The third-order valence-corrected chi connectivity index (χ3v) is 4.95. The highest BCUT2D eigenvalue weighted by Gasteiger charge is 2.15. The van der Waals surface area contributed by atoms with E-state index in [1.54, 1.807) is 16.9 Å². The van der Waals surface area contributed by atoms with Gasteiger partial charge in [0.25, 0.3) is 10.0 Å². The van der Waals surface area contributed by atoms with Gasteiger partial charge in [0.1, 0.15) is 0 Å². The molecule has 0 saturated carbocycles. The van der Waals surface area contributed by atoms with Crippen LogP contribution in [-0.4, -0.2) is 23.2 Å². The van der Waals surface area contributed by atoms with Crippen molar-refractivity contribution in [2.75, 3.05) is 4.72 Å². The summed E-state index contributed by atoms with van der Waals surface area (Å²) in [6.45, 7) is 4.01. The largest absolute Gasteiger partial charge is 0.278 e. The number of benzene rings is 1. The molecule has 0 amide bonds. The van der Waals surface area contributed by atoms with Crippen LogP contribution in [0.25, 0.3) is 11.0 Å². The van der Waals surface area contributed by atoms with Crippen LogP contribution in [-0.2, 0) is 10.0 Å². The molecule has 0 aliphatic heterocycles. The van der Waals surface area contributed by atoms with Crippen LogP contribution in [0.1, 0.15) is 19.9 Å². The second-order valence-electron chi connectivity index (χ2n) is 5.38. The first-order chi connectivity index (χ1) is 10.9. The fraction of sp³-hybridized carbons (Fsp3) is 0.200. The number of nitrogens with zero attached hydrogens (tertiary/aromatic N) is 3. The third kappa shape index (κ3) is 3.16. The predicted molar refractivity (Wildman–Crippen MR) is 90.2 cm³/mol. The Balaban J connectivity index is 1.93. The van der Waals surface area contributed by atoms with E-state index in [0.29, 0.717) is 10.7 Å². The molecule has 0 fully saturated rings. The minimum absolute atomic E-state index is 0.139. The van der Waals surface area contributed by atoms with Gasteiger partial charge in [-0.2, -0.15) is 5.10 Å². The van der Waals surface area contributed by atoms with E-state index in [1.807, 2.05) is 13.8 Å². The second kappa shape index (κ2) is 5.82. The maximum atomic E-state index is 12.4. The van der Waals surface area contributed by atoms with Gasteiger partial charge in [-0.25, -0.2) is 18.1 Å². The molecule has 2 heterocycles. The van der Waals surface area contributed by atoms with Crippen LogP contribution in [0, 0.1) is 0 Å². The molecule has 1 N–H and O–H groups in total. The lowest BCUT2D eigenvalue weighted by Crippen LogP contribution is -2.13. The summed E-state index contributed by atoms with van der Waals surface area (Å²) in [5, 5.41) is 5.52. The molecule has 120 valence electrons. The SMILES string of the molecule is CC(C)n1ncc2cc(NS(=O)(=O)c3ccc(Cl)cc3)cnc21. The zero-order valence-corrected chi connectivity index (χ0v) is 14.1. The molecular formula is C15H15ClN4O2S. The number of anilines is 1.